The van der Waals surface area contributed by atoms with Crippen LogP contribution in [0.3, 0.4) is 0 Å². The van der Waals surface area contributed by atoms with Crippen molar-refractivity contribution in [2.75, 3.05) is 6.54 Å². The van der Waals surface area contributed by atoms with Crippen LogP contribution in [0.2, 0.25) is 0 Å². The lowest BCUT2D eigenvalue weighted by molar-refractivity contribution is 0.457. The summed E-state index contributed by atoms with van der Waals surface area (Å²) in [6, 6.07) is 0. The fraction of sp³-hybridized carbons (Fsp3) is 0.381. The van der Waals surface area contributed by atoms with Gasteiger partial charge in [0.2, 0.25) is 0 Å². The zero-order valence-electron chi connectivity index (χ0n) is 14.2. The van der Waals surface area contributed by atoms with E-state index in [0.717, 1.165) is 25.8 Å². The fourth-order valence-corrected chi connectivity index (χ4v) is 5.20. The van der Waals surface area contributed by atoms with Gasteiger partial charge in [-0.05, 0) is 35.3 Å². The van der Waals surface area contributed by atoms with Gasteiger partial charge in [0.1, 0.15) is 0 Å². The number of hydrogen-bond acceptors (Lipinski definition) is 3. The minimum Gasteiger partial charge on any atom is -0.345 e. The van der Waals surface area contributed by atoms with E-state index in [1.165, 1.54) is 39.4 Å². The Bertz CT molecular complexity index is 830. The van der Waals surface area contributed by atoms with E-state index >= 15 is 0 Å². The van der Waals surface area contributed by atoms with Gasteiger partial charge in [0.15, 0.2) is 0 Å². The van der Waals surface area contributed by atoms with Crippen molar-refractivity contribution in [1.29, 1.82) is 0 Å². The lowest BCUT2D eigenvalue weighted by Gasteiger charge is -2.34. The standard InChI is InChI=1S/C21H22N2S/c1-13(2)10-14-4-3-5-16-17-6-8-23-12-15-7-9-24-19(15)11-18(23)21(17)22-20(14)16/h4-7,9,12-13,19H,3,8,10-11H2,1-2H3/t19-/m0/s1. The number of rotatable bonds is 2. The molecule has 0 saturated carbocycles. The summed E-state index contributed by atoms with van der Waals surface area (Å²) in [5.74, 6) is 0.671. The van der Waals surface area contributed by atoms with Crippen LogP contribution in [-0.2, 0) is 0 Å². The predicted octanol–water partition coefficient (Wildman–Crippen LogP) is 5.11. The Kier molecular flexibility index (Phi) is 3.27. The molecular weight excluding hydrogens is 312 g/mol. The summed E-state index contributed by atoms with van der Waals surface area (Å²) in [7, 11) is 0. The van der Waals surface area contributed by atoms with Crippen molar-refractivity contribution in [3.05, 3.63) is 69.6 Å². The molecule has 4 aliphatic heterocycles. The number of aliphatic imine (C=N–C) groups is 1. The summed E-state index contributed by atoms with van der Waals surface area (Å²) in [6.45, 7) is 5.57. The summed E-state index contributed by atoms with van der Waals surface area (Å²) < 4.78 is 0. The maximum atomic E-state index is 5.16. The second-order valence-corrected chi connectivity index (χ2v) is 8.58. The van der Waals surface area contributed by atoms with Gasteiger partial charge in [-0.2, -0.15) is 0 Å². The van der Waals surface area contributed by atoms with Crippen LogP contribution in [0, 0.1) is 5.92 Å². The molecular formula is C21H22N2S. The summed E-state index contributed by atoms with van der Waals surface area (Å²) in [5, 5.41) is 2.83. The van der Waals surface area contributed by atoms with E-state index in [2.05, 4.69) is 54.7 Å². The van der Waals surface area contributed by atoms with Gasteiger partial charge in [-0.3, -0.25) is 0 Å². The monoisotopic (exact) mass is 334 g/mol. The van der Waals surface area contributed by atoms with Crippen molar-refractivity contribution in [3.8, 4) is 0 Å². The van der Waals surface area contributed by atoms with Crippen molar-refractivity contribution >= 4 is 17.5 Å². The maximum absolute atomic E-state index is 5.16. The van der Waals surface area contributed by atoms with Crippen LogP contribution in [0.15, 0.2) is 74.6 Å². The third kappa shape index (κ3) is 2.14. The molecule has 5 rings (SSSR count). The first-order valence-electron chi connectivity index (χ1n) is 8.94. The van der Waals surface area contributed by atoms with Crippen LogP contribution in [0.1, 0.15) is 33.1 Å². The molecule has 5 aliphatic rings. The zero-order chi connectivity index (χ0) is 16.3. The molecule has 1 aliphatic carbocycles. The van der Waals surface area contributed by atoms with Crippen molar-refractivity contribution in [3.63, 3.8) is 0 Å². The van der Waals surface area contributed by atoms with Gasteiger partial charge in [0.05, 0.1) is 11.4 Å². The molecule has 2 nitrogen and oxygen atoms in total. The SMILES string of the molecule is CC(C)CC1=CCC=C2C3=CCN4C=C5C=CS[C@H]5CC4=C3N=C12. The summed E-state index contributed by atoms with van der Waals surface area (Å²) >= 11 is 1.95. The van der Waals surface area contributed by atoms with Gasteiger partial charge in [0, 0.05) is 41.3 Å². The first-order chi connectivity index (χ1) is 11.7. The fourth-order valence-electron chi connectivity index (χ4n) is 4.23. The largest absolute Gasteiger partial charge is 0.345 e. The highest BCUT2D eigenvalue weighted by Crippen LogP contribution is 2.46. The Hall–Kier alpha value is -1.74. The molecule has 0 aromatic carbocycles. The van der Waals surface area contributed by atoms with Gasteiger partial charge < -0.3 is 4.90 Å². The van der Waals surface area contributed by atoms with Crippen LogP contribution in [0.4, 0.5) is 0 Å². The average molecular weight is 334 g/mol. The molecule has 0 spiro atoms. The number of fused-ring (bicyclic) bond motifs is 5. The van der Waals surface area contributed by atoms with Gasteiger partial charge in [-0.1, -0.05) is 38.2 Å². The quantitative estimate of drug-likeness (QED) is 0.697. The second kappa shape index (κ2) is 5.38. The van der Waals surface area contributed by atoms with E-state index in [4.69, 9.17) is 4.99 Å². The van der Waals surface area contributed by atoms with Crippen LogP contribution in [0.5, 0.6) is 0 Å². The highest BCUT2D eigenvalue weighted by molar-refractivity contribution is 8.03. The van der Waals surface area contributed by atoms with Crippen LogP contribution < -0.4 is 0 Å². The molecule has 1 atom stereocenters. The van der Waals surface area contributed by atoms with E-state index in [1.54, 1.807) is 0 Å². The van der Waals surface area contributed by atoms with E-state index in [-0.39, 0.29) is 0 Å². The van der Waals surface area contributed by atoms with E-state index < -0.39 is 0 Å². The van der Waals surface area contributed by atoms with Gasteiger partial charge in [-0.15, -0.1) is 11.8 Å². The van der Waals surface area contributed by atoms with Gasteiger partial charge in [0.25, 0.3) is 0 Å². The predicted molar refractivity (Wildman–Crippen MR) is 103 cm³/mol. The first kappa shape index (κ1) is 14.6. The highest BCUT2D eigenvalue weighted by atomic mass is 32.2. The minimum atomic E-state index is 0.589. The van der Waals surface area contributed by atoms with E-state index in [0.29, 0.717) is 11.2 Å². The summed E-state index contributed by atoms with van der Waals surface area (Å²) in [6.07, 6.45) is 15.0. The average Bonchev–Trinajstić information content (AvgIpc) is 3.16. The molecule has 0 bridgehead atoms. The third-order valence-corrected chi connectivity index (χ3v) is 6.37. The Morgan fingerprint density at radius 2 is 2.17 bits per heavy atom. The van der Waals surface area contributed by atoms with Crippen LogP contribution in [0.25, 0.3) is 0 Å². The molecule has 4 heterocycles. The number of allylic oxidation sites excluding steroid dienone is 6. The molecule has 122 valence electrons. The normalized spacial score (nSPS) is 27.0. The molecule has 0 fully saturated rings. The summed E-state index contributed by atoms with van der Waals surface area (Å²) in [4.78, 5) is 7.57. The number of hydrogen-bond donors (Lipinski definition) is 0. The Labute approximate surface area is 148 Å². The van der Waals surface area contributed by atoms with Crippen molar-refractivity contribution in [1.82, 2.24) is 4.90 Å². The molecule has 0 unspecified atom stereocenters. The molecule has 3 heteroatoms. The first-order valence-corrected chi connectivity index (χ1v) is 9.88. The molecule has 0 aromatic rings. The van der Waals surface area contributed by atoms with Crippen molar-refractivity contribution in [2.24, 2.45) is 10.9 Å². The second-order valence-electron chi connectivity index (χ2n) is 7.47. The Balaban J connectivity index is 1.58. The lowest BCUT2D eigenvalue weighted by Crippen LogP contribution is -2.29. The molecule has 24 heavy (non-hydrogen) atoms. The zero-order valence-corrected chi connectivity index (χ0v) is 15.1. The Morgan fingerprint density at radius 1 is 1.25 bits per heavy atom. The van der Waals surface area contributed by atoms with Crippen LogP contribution in [-0.4, -0.2) is 22.4 Å². The number of nitrogens with zero attached hydrogens (tertiary/aromatic N) is 2. The minimum absolute atomic E-state index is 0.589. The molecule has 0 aromatic heterocycles. The van der Waals surface area contributed by atoms with E-state index in [9.17, 15) is 0 Å². The van der Waals surface area contributed by atoms with E-state index in [1.807, 2.05) is 11.8 Å². The highest BCUT2D eigenvalue weighted by Gasteiger charge is 2.36. The smallest absolute Gasteiger partial charge is 0.0908 e. The van der Waals surface area contributed by atoms with Gasteiger partial charge in [-0.25, -0.2) is 4.99 Å². The van der Waals surface area contributed by atoms with Crippen molar-refractivity contribution in [2.45, 2.75) is 38.4 Å². The third-order valence-electron chi connectivity index (χ3n) is 5.31. The molecule has 0 saturated heterocycles. The summed E-state index contributed by atoms with van der Waals surface area (Å²) in [5.41, 5.74) is 9.59. The van der Waals surface area contributed by atoms with Gasteiger partial charge >= 0.3 is 0 Å². The molecule has 0 N–H and O–H groups in total. The maximum Gasteiger partial charge on any atom is 0.0908 e. The topological polar surface area (TPSA) is 15.6 Å². The lowest BCUT2D eigenvalue weighted by atomic mass is 9.86. The Morgan fingerprint density at radius 3 is 3.04 bits per heavy atom. The van der Waals surface area contributed by atoms with Crippen LogP contribution >= 0.6 is 11.8 Å². The molecule has 0 amide bonds. The number of thioether (sulfide) groups is 1. The van der Waals surface area contributed by atoms with Crippen molar-refractivity contribution < 1.29 is 0 Å². The molecule has 0 radical (unpaired) electrons.